The summed E-state index contributed by atoms with van der Waals surface area (Å²) >= 11 is 0. The van der Waals surface area contributed by atoms with Crippen LogP contribution in [0.5, 0.6) is 0 Å². The van der Waals surface area contributed by atoms with Crippen molar-refractivity contribution in [2.24, 2.45) is 0 Å². The first-order valence-corrected chi connectivity index (χ1v) is 7.49. The summed E-state index contributed by atoms with van der Waals surface area (Å²) in [6.45, 7) is 5.81. The number of anilines is 1. The van der Waals surface area contributed by atoms with Crippen LogP contribution in [0.25, 0.3) is 0 Å². The first-order chi connectivity index (χ1) is 10.7. The van der Waals surface area contributed by atoms with E-state index in [1.807, 2.05) is 19.9 Å². The Balaban J connectivity index is 1.91. The van der Waals surface area contributed by atoms with Crippen LogP contribution in [0.2, 0.25) is 0 Å². The van der Waals surface area contributed by atoms with E-state index in [4.69, 9.17) is 0 Å². The molecule has 0 unspecified atom stereocenters. The third-order valence-electron chi connectivity index (χ3n) is 3.96. The van der Waals surface area contributed by atoms with Gasteiger partial charge in [-0.1, -0.05) is 0 Å². The highest BCUT2D eigenvalue weighted by Crippen LogP contribution is 2.25. The number of piperazine rings is 1. The van der Waals surface area contributed by atoms with Crippen molar-refractivity contribution in [1.29, 1.82) is 0 Å². The van der Waals surface area contributed by atoms with Crippen LogP contribution in [-0.4, -0.2) is 59.2 Å². The number of carbonyl (C=O) groups is 1. The maximum absolute atomic E-state index is 12.7. The second kappa shape index (κ2) is 6.74. The fraction of sp³-hybridized carbons (Fsp3) is 0.600. The average Bonchev–Trinajstić information content (AvgIpc) is 2.44. The molecule has 0 saturated carbocycles. The zero-order valence-electron chi connectivity index (χ0n) is 13.4. The molecule has 128 valence electrons. The van der Waals surface area contributed by atoms with Gasteiger partial charge < -0.3 is 4.90 Å². The van der Waals surface area contributed by atoms with Gasteiger partial charge in [-0.3, -0.25) is 10.2 Å². The van der Waals surface area contributed by atoms with Crippen LogP contribution in [-0.2, 0) is 0 Å². The van der Waals surface area contributed by atoms with Gasteiger partial charge in [-0.15, -0.1) is 0 Å². The van der Waals surface area contributed by atoms with Gasteiger partial charge in [-0.25, -0.2) is 9.78 Å². The molecule has 8 heteroatoms. The number of aryl methyl sites for hydroxylation is 2. The number of halogens is 3. The monoisotopic (exact) mass is 330 g/mol. The molecule has 1 aliphatic heterocycles. The van der Waals surface area contributed by atoms with Crippen LogP contribution in [0.3, 0.4) is 0 Å². The summed E-state index contributed by atoms with van der Waals surface area (Å²) in [5.74, 6) is 0.457. The molecule has 2 heterocycles. The molecule has 5 nitrogen and oxygen atoms in total. The van der Waals surface area contributed by atoms with Gasteiger partial charge >= 0.3 is 12.2 Å². The summed E-state index contributed by atoms with van der Waals surface area (Å²) in [6.07, 6.45) is -4.24. The number of nitrogens with one attached hydrogen (secondary N) is 1. The number of carbonyl (C=O) groups excluding carboxylic acids is 1. The van der Waals surface area contributed by atoms with Crippen LogP contribution in [0.4, 0.5) is 23.8 Å². The molecule has 0 aliphatic carbocycles. The first-order valence-electron chi connectivity index (χ1n) is 7.49. The predicted octanol–water partition coefficient (Wildman–Crippen LogP) is 2.80. The molecule has 0 aromatic carbocycles. The molecule has 0 spiro atoms. The highest BCUT2D eigenvalue weighted by Gasteiger charge is 2.41. The van der Waals surface area contributed by atoms with Crippen molar-refractivity contribution in [2.75, 3.05) is 31.5 Å². The lowest BCUT2D eigenvalue weighted by Gasteiger charge is -2.38. The van der Waals surface area contributed by atoms with Crippen molar-refractivity contribution in [3.63, 3.8) is 0 Å². The molecular weight excluding hydrogens is 309 g/mol. The van der Waals surface area contributed by atoms with E-state index in [1.165, 1.54) is 9.80 Å². The standard InChI is InChI=1S/C15H21F3N4O/c1-10-8-11(2)19-13(9-10)20-14(23)22-6-4-21(5-7-22)12(3)15(16,17)18/h8-9,12H,4-7H2,1-3H3,(H,19,20,23)/t12-/m0/s1. The summed E-state index contributed by atoms with van der Waals surface area (Å²) < 4.78 is 38.1. The number of pyridine rings is 1. The maximum atomic E-state index is 12.7. The zero-order chi connectivity index (χ0) is 17.2. The lowest BCUT2D eigenvalue weighted by atomic mass is 10.2. The normalized spacial score (nSPS) is 17.9. The van der Waals surface area contributed by atoms with Crippen molar-refractivity contribution >= 4 is 11.8 Å². The van der Waals surface area contributed by atoms with Crippen molar-refractivity contribution in [3.8, 4) is 0 Å². The van der Waals surface area contributed by atoms with Crippen LogP contribution in [0.15, 0.2) is 12.1 Å². The SMILES string of the molecule is Cc1cc(C)nc(NC(=O)N2CCN([C@@H](C)C(F)(F)F)CC2)c1. The van der Waals surface area contributed by atoms with Crippen molar-refractivity contribution in [3.05, 3.63) is 23.4 Å². The molecule has 1 aromatic heterocycles. The summed E-state index contributed by atoms with van der Waals surface area (Å²) in [6, 6.07) is 1.83. The third kappa shape index (κ3) is 4.57. The maximum Gasteiger partial charge on any atom is 0.403 e. The minimum absolute atomic E-state index is 0.203. The smallest absolute Gasteiger partial charge is 0.322 e. The Bertz CT molecular complexity index is 548. The van der Waals surface area contributed by atoms with Gasteiger partial charge in [0.2, 0.25) is 0 Å². The van der Waals surface area contributed by atoms with Crippen LogP contribution in [0.1, 0.15) is 18.2 Å². The molecule has 1 fully saturated rings. The minimum atomic E-state index is -4.24. The molecular formula is C15H21F3N4O. The Hall–Kier alpha value is -1.83. The molecule has 0 bridgehead atoms. The highest BCUT2D eigenvalue weighted by molar-refractivity contribution is 5.88. The van der Waals surface area contributed by atoms with E-state index < -0.39 is 12.2 Å². The first kappa shape index (κ1) is 17.5. The van der Waals surface area contributed by atoms with Gasteiger partial charge in [0.15, 0.2) is 0 Å². The van der Waals surface area contributed by atoms with Gasteiger partial charge in [-0.05, 0) is 38.5 Å². The lowest BCUT2D eigenvalue weighted by molar-refractivity contribution is -0.181. The van der Waals surface area contributed by atoms with E-state index in [1.54, 1.807) is 6.07 Å². The van der Waals surface area contributed by atoms with E-state index in [-0.39, 0.29) is 32.2 Å². The highest BCUT2D eigenvalue weighted by atomic mass is 19.4. The quantitative estimate of drug-likeness (QED) is 0.907. The van der Waals surface area contributed by atoms with Gasteiger partial charge in [0.25, 0.3) is 0 Å². The Kier molecular flexibility index (Phi) is 5.13. The van der Waals surface area contributed by atoms with E-state index in [0.29, 0.717) is 5.82 Å². The average molecular weight is 330 g/mol. The molecule has 1 aromatic rings. The molecule has 1 atom stereocenters. The van der Waals surface area contributed by atoms with Crippen molar-refractivity contribution < 1.29 is 18.0 Å². The summed E-state index contributed by atoms with van der Waals surface area (Å²) in [5.41, 5.74) is 1.78. The van der Waals surface area contributed by atoms with Crippen LogP contribution >= 0.6 is 0 Å². The van der Waals surface area contributed by atoms with Crippen molar-refractivity contribution in [1.82, 2.24) is 14.8 Å². The second-order valence-corrected chi connectivity index (χ2v) is 5.84. The second-order valence-electron chi connectivity index (χ2n) is 5.84. The number of nitrogens with zero attached hydrogens (tertiary/aromatic N) is 3. The van der Waals surface area contributed by atoms with Crippen LogP contribution < -0.4 is 5.32 Å². The molecule has 23 heavy (non-hydrogen) atoms. The topological polar surface area (TPSA) is 48.5 Å². The van der Waals surface area contributed by atoms with Gasteiger partial charge in [0, 0.05) is 31.9 Å². The number of hydrogen-bond donors (Lipinski definition) is 1. The van der Waals surface area contributed by atoms with E-state index in [0.717, 1.165) is 18.2 Å². The van der Waals surface area contributed by atoms with Gasteiger partial charge in [-0.2, -0.15) is 13.2 Å². The van der Waals surface area contributed by atoms with E-state index in [2.05, 4.69) is 10.3 Å². The zero-order valence-corrected chi connectivity index (χ0v) is 13.4. The van der Waals surface area contributed by atoms with Crippen LogP contribution in [0, 0.1) is 13.8 Å². The molecule has 2 amide bonds. The van der Waals surface area contributed by atoms with Crippen molar-refractivity contribution in [2.45, 2.75) is 33.0 Å². The summed E-state index contributed by atoms with van der Waals surface area (Å²) in [7, 11) is 0. The summed E-state index contributed by atoms with van der Waals surface area (Å²) in [5, 5.41) is 2.70. The number of rotatable bonds is 2. The van der Waals surface area contributed by atoms with E-state index >= 15 is 0 Å². The van der Waals surface area contributed by atoms with Gasteiger partial charge in [0.1, 0.15) is 11.9 Å². The number of alkyl halides is 3. The molecule has 0 radical (unpaired) electrons. The summed E-state index contributed by atoms with van der Waals surface area (Å²) in [4.78, 5) is 19.3. The predicted molar refractivity (Wildman–Crippen MR) is 81.4 cm³/mol. The molecule has 1 saturated heterocycles. The largest absolute Gasteiger partial charge is 0.403 e. The minimum Gasteiger partial charge on any atom is -0.322 e. The Labute approximate surface area is 133 Å². The number of amides is 2. The lowest BCUT2D eigenvalue weighted by Crippen LogP contribution is -2.55. The fourth-order valence-corrected chi connectivity index (χ4v) is 2.61. The fourth-order valence-electron chi connectivity index (χ4n) is 2.61. The van der Waals surface area contributed by atoms with E-state index in [9.17, 15) is 18.0 Å². The molecule has 1 aliphatic rings. The molecule has 2 rings (SSSR count). The Morgan fingerprint density at radius 1 is 1.22 bits per heavy atom. The molecule has 1 N–H and O–H groups in total. The number of hydrogen-bond acceptors (Lipinski definition) is 3. The number of aromatic nitrogens is 1. The van der Waals surface area contributed by atoms with Gasteiger partial charge in [0.05, 0.1) is 0 Å². The third-order valence-corrected chi connectivity index (χ3v) is 3.96. The Morgan fingerprint density at radius 3 is 2.35 bits per heavy atom. The Morgan fingerprint density at radius 2 is 1.83 bits per heavy atom. The number of urea groups is 1.